The minimum Gasteiger partial charge on any atom is -0.508 e. The van der Waals surface area contributed by atoms with Gasteiger partial charge in [-0.25, -0.2) is 0 Å². The lowest BCUT2D eigenvalue weighted by atomic mass is 10.1. The minimum atomic E-state index is 0.305. The number of hydrogen-bond donors (Lipinski definition) is 2. The molecule has 4 nitrogen and oxygen atoms in total. The SMILES string of the molecule is CC(Cc1ccc(O)cc1)NCc1cccnn1. The summed E-state index contributed by atoms with van der Waals surface area (Å²) in [6, 6.07) is 11.5. The average Bonchev–Trinajstić information content (AvgIpc) is 2.40. The molecule has 0 saturated carbocycles. The molecule has 0 saturated heterocycles. The largest absolute Gasteiger partial charge is 0.508 e. The molecule has 1 aromatic heterocycles. The van der Waals surface area contributed by atoms with Gasteiger partial charge in [-0.2, -0.15) is 10.2 Å². The summed E-state index contributed by atoms with van der Waals surface area (Å²) in [7, 11) is 0. The molecule has 0 bridgehead atoms. The maximum absolute atomic E-state index is 9.21. The van der Waals surface area contributed by atoms with Crippen LogP contribution in [-0.2, 0) is 13.0 Å². The van der Waals surface area contributed by atoms with E-state index in [0.717, 1.165) is 12.1 Å². The van der Waals surface area contributed by atoms with Crippen LogP contribution in [0.5, 0.6) is 5.75 Å². The van der Waals surface area contributed by atoms with Crippen LogP contribution in [0.1, 0.15) is 18.2 Å². The Morgan fingerprint density at radius 3 is 2.67 bits per heavy atom. The average molecular weight is 243 g/mol. The van der Waals surface area contributed by atoms with Crippen LogP contribution in [0.4, 0.5) is 0 Å². The van der Waals surface area contributed by atoms with Gasteiger partial charge in [-0.05, 0) is 43.2 Å². The molecule has 1 unspecified atom stereocenters. The number of hydrogen-bond acceptors (Lipinski definition) is 4. The molecular weight excluding hydrogens is 226 g/mol. The monoisotopic (exact) mass is 243 g/mol. The maximum Gasteiger partial charge on any atom is 0.115 e. The third kappa shape index (κ3) is 3.82. The molecule has 2 N–H and O–H groups in total. The number of nitrogens with zero attached hydrogens (tertiary/aromatic N) is 2. The van der Waals surface area contributed by atoms with E-state index in [0.29, 0.717) is 18.3 Å². The van der Waals surface area contributed by atoms with E-state index in [2.05, 4.69) is 22.4 Å². The summed E-state index contributed by atoms with van der Waals surface area (Å²) in [5.41, 5.74) is 2.14. The van der Waals surface area contributed by atoms with Crippen LogP contribution >= 0.6 is 0 Å². The van der Waals surface area contributed by atoms with Gasteiger partial charge in [0.25, 0.3) is 0 Å². The second-order valence-corrected chi connectivity index (χ2v) is 4.37. The van der Waals surface area contributed by atoms with Crippen molar-refractivity contribution in [2.24, 2.45) is 0 Å². The summed E-state index contributed by atoms with van der Waals surface area (Å²) in [6.07, 6.45) is 2.59. The fraction of sp³-hybridized carbons (Fsp3) is 0.286. The Kier molecular flexibility index (Phi) is 4.25. The van der Waals surface area contributed by atoms with Crippen LogP contribution in [0.25, 0.3) is 0 Å². The van der Waals surface area contributed by atoms with Crippen molar-refractivity contribution in [3.8, 4) is 5.75 Å². The molecule has 4 heteroatoms. The lowest BCUT2D eigenvalue weighted by molar-refractivity contribution is 0.474. The minimum absolute atomic E-state index is 0.305. The smallest absolute Gasteiger partial charge is 0.115 e. The number of benzene rings is 1. The molecule has 94 valence electrons. The number of phenolic OH excluding ortho intramolecular Hbond substituents is 1. The summed E-state index contributed by atoms with van der Waals surface area (Å²) in [6.45, 7) is 2.84. The molecule has 1 aromatic carbocycles. The van der Waals surface area contributed by atoms with Crippen LogP contribution in [0.15, 0.2) is 42.6 Å². The van der Waals surface area contributed by atoms with Gasteiger partial charge in [0.05, 0.1) is 5.69 Å². The number of phenols is 1. The second kappa shape index (κ2) is 6.12. The van der Waals surface area contributed by atoms with E-state index >= 15 is 0 Å². The van der Waals surface area contributed by atoms with E-state index in [1.165, 1.54) is 5.56 Å². The summed E-state index contributed by atoms with van der Waals surface area (Å²) in [4.78, 5) is 0. The summed E-state index contributed by atoms with van der Waals surface area (Å²) in [5.74, 6) is 0.305. The van der Waals surface area contributed by atoms with E-state index < -0.39 is 0 Å². The van der Waals surface area contributed by atoms with Crippen LogP contribution in [0.2, 0.25) is 0 Å². The standard InChI is InChI=1S/C14H17N3O/c1-11(9-12-4-6-14(18)7-5-12)15-10-13-3-2-8-16-17-13/h2-8,11,15,18H,9-10H2,1H3. The van der Waals surface area contributed by atoms with Crippen molar-refractivity contribution in [3.05, 3.63) is 53.9 Å². The molecule has 0 aliphatic rings. The van der Waals surface area contributed by atoms with E-state index in [9.17, 15) is 5.11 Å². The van der Waals surface area contributed by atoms with Crippen molar-refractivity contribution in [3.63, 3.8) is 0 Å². The lowest BCUT2D eigenvalue weighted by Crippen LogP contribution is -2.27. The Morgan fingerprint density at radius 2 is 2.00 bits per heavy atom. The van der Waals surface area contributed by atoms with Gasteiger partial charge in [0.15, 0.2) is 0 Å². The Hall–Kier alpha value is -1.94. The molecule has 0 spiro atoms. The quantitative estimate of drug-likeness (QED) is 0.842. The molecule has 0 amide bonds. The van der Waals surface area contributed by atoms with Crippen molar-refractivity contribution >= 4 is 0 Å². The molecule has 0 fully saturated rings. The van der Waals surface area contributed by atoms with Crippen LogP contribution in [0.3, 0.4) is 0 Å². The Morgan fingerprint density at radius 1 is 1.22 bits per heavy atom. The zero-order chi connectivity index (χ0) is 12.8. The first-order chi connectivity index (χ1) is 8.74. The number of aromatic nitrogens is 2. The maximum atomic E-state index is 9.21. The van der Waals surface area contributed by atoms with Gasteiger partial charge in [0, 0.05) is 18.8 Å². The van der Waals surface area contributed by atoms with Crippen molar-refractivity contribution in [1.29, 1.82) is 0 Å². The topological polar surface area (TPSA) is 58.0 Å². The van der Waals surface area contributed by atoms with Crippen molar-refractivity contribution in [2.75, 3.05) is 0 Å². The normalized spacial score (nSPS) is 12.3. The molecule has 1 atom stereocenters. The summed E-state index contributed by atoms with van der Waals surface area (Å²) in [5, 5.41) is 20.5. The van der Waals surface area contributed by atoms with Gasteiger partial charge in [0.2, 0.25) is 0 Å². The molecular formula is C14H17N3O. The lowest BCUT2D eigenvalue weighted by Gasteiger charge is -2.13. The highest BCUT2D eigenvalue weighted by molar-refractivity contribution is 5.26. The van der Waals surface area contributed by atoms with Gasteiger partial charge in [-0.15, -0.1) is 0 Å². The molecule has 2 aromatic rings. The molecule has 0 aliphatic heterocycles. The highest BCUT2D eigenvalue weighted by atomic mass is 16.3. The predicted octanol–water partition coefficient (Wildman–Crippen LogP) is 1.90. The van der Waals surface area contributed by atoms with E-state index in [4.69, 9.17) is 0 Å². The third-order valence-electron chi connectivity index (χ3n) is 2.74. The van der Waals surface area contributed by atoms with E-state index in [-0.39, 0.29) is 0 Å². The first-order valence-corrected chi connectivity index (χ1v) is 6.02. The summed E-state index contributed by atoms with van der Waals surface area (Å²) < 4.78 is 0. The van der Waals surface area contributed by atoms with Crippen molar-refractivity contribution in [1.82, 2.24) is 15.5 Å². The van der Waals surface area contributed by atoms with Crippen molar-refractivity contribution < 1.29 is 5.11 Å². The van der Waals surface area contributed by atoms with Gasteiger partial charge in [0.1, 0.15) is 5.75 Å². The Balaban J connectivity index is 1.82. The fourth-order valence-corrected chi connectivity index (χ4v) is 1.76. The molecule has 0 radical (unpaired) electrons. The highest BCUT2D eigenvalue weighted by Crippen LogP contribution is 2.11. The summed E-state index contributed by atoms with van der Waals surface area (Å²) >= 11 is 0. The van der Waals surface area contributed by atoms with Crippen molar-refractivity contribution in [2.45, 2.75) is 25.9 Å². The molecule has 1 heterocycles. The van der Waals surface area contributed by atoms with Crippen LogP contribution in [-0.4, -0.2) is 21.3 Å². The first kappa shape index (κ1) is 12.5. The molecule has 18 heavy (non-hydrogen) atoms. The number of nitrogens with one attached hydrogen (secondary N) is 1. The fourth-order valence-electron chi connectivity index (χ4n) is 1.76. The Bertz CT molecular complexity index is 470. The zero-order valence-electron chi connectivity index (χ0n) is 10.4. The molecule has 2 rings (SSSR count). The number of aromatic hydroxyl groups is 1. The Labute approximate surface area is 107 Å². The van der Waals surface area contributed by atoms with Gasteiger partial charge >= 0.3 is 0 Å². The predicted molar refractivity (Wildman–Crippen MR) is 70.1 cm³/mol. The third-order valence-corrected chi connectivity index (χ3v) is 2.74. The molecule has 0 aliphatic carbocycles. The first-order valence-electron chi connectivity index (χ1n) is 6.02. The number of rotatable bonds is 5. The van der Waals surface area contributed by atoms with Gasteiger partial charge in [-0.3, -0.25) is 0 Å². The van der Waals surface area contributed by atoms with Gasteiger partial charge < -0.3 is 10.4 Å². The second-order valence-electron chi connectivity index (χ2n) is 4.37. The highest BCUT2D eigenvalue weighted by Gasteiger charge is 2.04. The van der Waals surface area contributed by atoms with Crippen LogP contribution in [0, 0.1) is 0 Å². The van der Waals surface area contributed by atoms with Gasteiger partial charge in [-0.1, -0.05) is 12.1 Å². The van der Waals surface area contributed by atoms with E-state index in [1.807, 2.05) is 24.3 Å². The van der Waals surface area contributed by atoms with E-state index in [1.54, 1.807) is 18.3 Å². The zero-order valence-corrected chi connectivity index (χ0v) is 10.4. The van der Waals surface area contributed by atoms with Crippen LogP contribution < -0.4 is 5.32 Å².